The highest BCUT2D eigenvalue weighted by atomic mass is 16.2. The van der Waals surface area contributed by atoms with Gasteiger partial charge in [0.05, 0.1) is 0 Å². The first kappa shape index (κ1) is 69.6. The van der Waals surface area contributed by atoms with Gasteiger partial charge in [0.2, 0.25) is 23.6 Å². The van der Waals surface area contributed by atoms with Gasteiger partial charge in [0.1, 0.15) is 23.2 Å². The molecule has 15 heteroatoms. The predicted octanol–water partition coefficient (Wildman–Crippen LogP) is 11.0. The van der Waals surface area contributed by atoms with E-state index in [9.17, 15) is 28.8 Å². The average molecular weight is 1070 g/mol. The summed E-state index contributed by atoms with van der Waals surface area (Å²) in [5.74, 6) is 4.07. The number of Topliss-reactive ketones (excluding diaryl/α,β-unsaturated/α-hetero) is 2. The van der Waals surface area contributed by atoms with E-state index in [1.807, 2.05) is 137 Å². The number of aromatic nitrogens is 4. The van der Waals surface area contributed by atoms with E-state index in [2.05, 4.69) is 38.3 Å². The number of ketones is 2. The van der Waals surface area contributed by atoms with E-state index in [0.29, 0.717) is 42.8 Å². The number of carbonyl (C=O) groups is 6. The van der Waals surface area contributed by atoms with Gasteiger partial charge in [-0.2, -0.15) is 0 Å². The number of piperidine rings is 3. The van der Waals surface area contributed by atoms with Crippen molar-refractivity contribution in [2.45, 2.75) is 215 Å². The summed E-state index contributed by atoms with van der Waals surface area (Å²) in [6.07, 6.45) is 20.8. The number of amides is 4. The van der Waals surface area contributed by atoms with Crippen LogP contribution in [0.3, 0.4) is 0 Å². The molecular weight excluding hydrogens is 955 g/mol. The van der Waals surface area contributed by atoms with Crippen LogP contribution in [0, 0.1) is 33.5 Å². The molecule has 76 heavy (non-hydrogen) atoms. The molecule has 4 saturated heterocycles. The Kier molecular flexibility index (Phi) is 31.6. The maximum atomic E-state index is 11.9. The van der Waals surface area contributed by atoms with E-state index in [4.69, 9.17) is 0 Å². The molecule has 0 bridgehead atoms. The zero-order valence-corrected chi connectivity index (χ0v) is 51.7. The summed E-state index contributed by atoms with van der Waals surface area (Å²) in [5.41, 5.74) is -0.887. The fraction of sp³-hybridized carbons (Fsp3) is 0.803. The van der Waals surface area contributed by atoms with Crippen molar-refractivity contribution in [2.75, 3.05) is 72.0 Å². The highest BCUT2D eigenvalue weighted by Crippen LogP contribution is 2.22. The maximum Gasteiger partial charge on any atom is 0.228 e. The van der Waals surface area contributed by atoms with Crippen molar-refractivity contribution in [3.05, 3.63) is 36.4 Å². The smallest absolute Gasteiger partial charge is 0.228 e. The molecule has 0 aliphatic carbocycles. The first-order valence-electron chi connectivity index (χ1n) is 29.3. The number of carbonyl (C=O) groups excluding carboxylic acids is 6. The normalized spacial score (nSPS) is 16.5. The summed E-state index contributed by atoms with van der Waals surface area (Å²) in [4.78, 5) is 91.4. The summed E-state index contributed by atoms with van der Waals surface area (Å²) < 4.78 is 2.08. The molecular formula is C61H111N9O6. The van der Waals surface area contributed by atoms with E-state index in [1.54, 1.807) is 18.6 Å². The zero-order valence-electron chi connectivity index (χ0n) is 51.7. The van der Waals surface area contributed by atoms with E-state index in [0.717, 1.165) is 96.6 Å². The number of piperazine rings is 1. The number of likely N-dealkylation sites (tertiary alicyclic amines) is 3. The van der Waals surface area contributed by atoms with Gasteiger partial charge < -0.3 is 34.1 Å². The van der Waals surface area contributed by atoms with Gasteiger partial charge in [-0.25, -0.2) is 9.97 Å². The number of hydrogen-bond donors (Lipinski definition) is 1. The molecule has 0 radical (unpaired) electrons. The number of hydrogen-bond acceptors (Lipinski definition) is 9. The van der Waals surface area contributed by atoms with E-state index in [-0.39, 0.29) is 45.2 Å². The van der Waals surface area contributed by atoms with Gasteiger partial charge in [-0.15, -0.1) is 0 Å². The van der Waals surface area contributed by atoms with E-state index >= 15 is 0 Å². The summed E-state index contributed by atoms with van der Waals surface area (Å²) >= 11 is 0. The number of rotatable bonds is 10. The number of aryl methyl sites for hydroxylation is 3. The highest BCUT2D eigenvalue weighted by molar-refractivity contribution is 5.84. The number of likely N-dealkylation sites (N-methyl/N-ethyl adjacent to an activating group) is 1. The van der Waals surface area contributed by atoms with Crippen molar-refractivity contribution in [3.8, 4) is 0 Å². The quantitative estimate of drug-likeness (QED) is 0.244. The second kappa shape index (κ2) is 34.5. The van der Waals surface area contributed by atoms with Crippen molar-refractivity contribution >= 4 is 35.2 Å². The molecule has 4 aliphatic rings. The summed E-state index contributed by atoms with van der Waals surface area (Å²) in [6.45, 7) is 47.5. The molecule has 0 spiro atoms. The molecule has 436 valence electrons. The van der Waals surface area contributed by atoms with Crippen LogP contribution < -0.4 is 0 Å². The van der Waals surface area contributed by atoms with Crippen LogP contribution in [0.1, 0.15) is 207 Å². The van der Waals surface area contributed by atoms with Crippen LogP contribution in [-0.4, -0.2) is 151 Å². The van der Waals surface area contributed by atoms with Gasteiger partial charge in [0, 0.05) is 156 Å². The Bertz CT molecular complexity index is 1920. The highest BCUT2D eigenvalue weighted by Gasteiger charge is 2.30. The standard InChI is InChI=1S/C12H20N2O.C11H22N2O.C10H16N2O.C10H19NO.2C9H17NO/c1-5-14-9-8-13-11(14)7-6-10(15)12(2,3)4;1-5-12-6-8-13(9-7-12)10(14)11(2,3)4;1-10(2,3)8(13)4-5-9-11-6-7-12-9;1-10(2,3)9(12)11-7-5-4-6-8-11;2*1-8(2)9(11)10-6-4-3-5-7-10/h8-9H,5-7H2,1-4H3;5-9H2,1-4H3;6-7H,4-5H2,1-3H3,(H,11,12);4-8H2,1-3H3;2*8H,3-7H2,1-2H3. The lowest BCUT2D eigenvalue weighted by molar-refractivity contribution is -0.141. The molecule has 6 rings (SSSR count). The van der Waals surface area contributed by atoms with E-state index < -0.39 is 0 Å². The average Bonchev–Trinajstić information content (AvgIpc) is 4.09. The van der Waals surface area contributed by atoms with Gasteiger partial charge >= 0.3 is 0 Å². The summed E-state index contributed by atoms with van der Waals surface area (Å²) in [7, 11) is 0. The number of nitrogens with zero attached hydrogens (tertiary/aromatic N) is 8. The SMILES string of the molecule is CC(C)(C)C(=O)CCc1ncc[nH]1.CC(C)(C)C(=O)N1CCCCC1.CC(C)C(=O)N1CCCCC1.CC(C)C(=O)N1CCCCC1.CCN1CCN(C(=O)C(C)(C)C)CC1.CCn1ccnc1CCC(=O)C(C)(C)C. The minimum atomic E-state index is -0.233. The lowest BCUT2D eigenvalue weighted by Crippen LogP contribution is -2.51. The molecule has 15 nitrogen and oxygen atoms in total. The van der Waals surface area contributed by atoms with Crippen molar-refractivity contribution < 1.29 is 28.8 Å². The van der Waals surface area contributed by atoms with Crippen LogP contribution in [0.25, 0.3) is 0 Å². The van der Waals surface area contributed by atoms with Crippen molar-refractivity contribution in [1.29, 1.82) is 0 Å². The fourth-order valence-electron chi connectivity index (χ4n) is 8.77. The Morgan fingerprint density at radius 1 is 0.474 bits per heavy atom. The lowest BCUT2D eigenvalue weighted by atomic mass is 9.88. The summed E-state index contributed by atoms with van der Waals surface area (Å²) in [5, 5.41) is 0. The van der Waals surface area contributed by atoms with Gasteiger partial charge in [0.15, 0.2) is 0 Å². The Hall–Kier alpha value is -4.40. The molecule has 0 atom stereocenters. The number of imidazole rings is 2. The third kappa shape index (κ3) is 27.8. The molecule has 6 heterocycles. The van der Waals surface area contributed by atoms with Crippen LogP contribution >= 0.6 is 0 Å². The first-order valence-corrected chi connectivity index (χ1v) is 29.3. The Balaban J connectivity index is 0.000000458. The third-order valence-corrected chi connectivity index (χ3v) is 13.9. The minimum absolute atomic E-state index is 0.174. The Labute approximate surface area is 462 Å². The van der Waals surface area contributed by atoms with Crippen LogP contribution in [0.4, 0.5) is 0 Å². The van der Waals surface area contributed by atoms with Gasteiger partial charge in [-0.05, 0) is 71.3 Å². The largest absolute Gasteiger partial charge is 0.349 e. The van der Waals surface area contributed by atoms with Crippen molar-refractivity contribution in [3.63, 3.8) is 0 Å². The Morgan fingerprint density at radius 2 is 0.855 bits per heavy atom. The molecule has 4 fully saturated rings. The van der Waals surface area contributed by atoms with Gasteiger partial charge in [-0.1, -0.05) is 118 Å². The topological polar surface area (TPSA) is 165 Å². The molecule has 0 saturated carbocycles. The minimum Gasteiger partial charge on any atom is -0.349 e. The molecule has 4 aliphatic heterocycles. The molecule has 2 aromatic heterocycles. The van der Waals surface area contributed by atoms with Crippen molar-refractivity contribution in [1.82, 2.24) is 44.0 Å². The van der Waals surface area contributed by atoms with Crippen LogP contribution in [0.2, 0.25) is 0 Å². The van der Waals surface area contributed by atoms with Crippen molar-refractivity contribution in [2.24, 2.45) is 33.5 Å². The third-order valence-electron chi connectivity index (χ3n) is 13.9. The monoisotopic (exact) mass is 1070 g/mol. The first-order chi connectivity index (χ1) is 35.3. The summed E-state index contributed by atoms with van der Waals surface area (Å²) in [6, 6.07) is 0. The predicted molar refractivity (Wildman–Crippen MR) is 311 cm³/mol. The Morgan fingerprint density at radius 3 is 1.18 bits per heavy atom. The van der Waals surface area contributed by atoms with Crippen LogP contribution in [0.15, 0.2) is 24.8 Å². The lowest BCUT2D eigenvalue weighted by Gasteiger charge is -2.37. The van der Waals surface area contributed by atoms with Crippen LogP contribution in [0.5, 0.6) is 0 Å². The molecule has 2 aromatic rings. The van der Waals surface area contributed by atoms with Crippen LogP contribution in [-0.2, 0) is 48.2 Å². The number of H-pyrrole nitrogens is 1. The zero-order chi connectivity index (χ0) is 57.9. The second-order valence-corrected chi connectivity index (χ2v) is 25.7. The fourth-order valence-corrected chi connectivity index (χ4v) is 8.77. The van der Waals surface area contributed by atoms with Gasteiger partial charge in [0.25, 0.3) is 0 Å². The van der Waals surface area contributed by atoms with Gasteiger partial charge in [-0.3, -0.25) is 28.8 Å². The number of aromatic amines is 1. The molecule has 4 amide bonds. The molecule has 0 unspecified atom stereocenters. The number of nitrogens with one attached hydrogen (secondary N) is 1. The second-order valence-electron chi connectivity index (χ2n) is 25.7. The molecule has 0 aromatic carbocycles. The molecule has 1 N–H and O–H groups in total. The maximum absolute atomic E-state index is 11.9. The van der Waals surface area contributed by atoms with E-state index in [1.165, 1.54) is 57.8 Å².